The number of carbonyl (C=O) groups is 2. The summed E-state index contributed by atoms with van der Waals surface area (Å²) in [5.41, 5.74) is 0.746. The third-order valence-electron chi connectivity index (χ3n) is 4.41. The highest BCUT2D eigenvalue weighted by Crippen LogP contribution is 2.34. The Bertz CT molecular complexity index is 662. The van der Waals surface area contributed by atoms with Crippen molar-refractivity contribution in [2.75, 3.05) is 6.54 Å². The van der Waals surface area contributed by atoms with E-state index in [1.165, 1.54) is 0 Å². The molecule has 1 saturated heterocycles. The number of amides is 3. The number of aliphatic hydroxyl groups excluding tert-OH is 1. The Labute approximate surface area is 130 Å². The summed E-state index contributed by atoms with van der Waals surface area (Å²) in [5, 5.41) is 11.7. The number of fused-ring (bicyclic) bond motifs is 1. The number of benzene rings is 1. The smallest absolute Gasteiger partial charge is 0.382 e. The molecule has 1 spiro atoms. The number of aliphatic hydroxyl groups is 1. The predicted octanol–water partition coefficient (Wildman–Crippen LogP) is 1.39. The first kappa shape index (κ1) is 15.8. The molecule has 3 amide bonds. The van der Waals surface area contributed by atoms with E-state index in [4.69, 9.17) is 5.11 Å². The molecule has 1 heterocycles. The number of halogens is 3. The number of hydrogen-bond acceptors (Lipinski definition) is 3. The van der Waals surface area contributed by atoms with Crippen molar-refractivity contribution in [2.24, 2.45) is 0 Å². The molecule has 0 aromatic heterocycles. The van der Waals surface area contributed by atoms with Crippen LogP contribution in [0, 0.1) is 0 Å². The molecule has 0 bridgehead atoms. The fourth-order valence-corrected chi connectivity index (χ4v) is 3.14. The zero-order chi connectivity index (χ0) is 16.8. The number of hydrogen-bond donors (Lipinski definition) is 2. The Kier molecular flexibility index (Phi) is 3.59. The Balaban J connectivity index is 1.82. The second-order valence-corrected chi connectivity index (χ2v) is 5.93. The van der Waals surface area contributed by atoms with E-state index in [-0.39, 0.29) is 6.42 Å². The molecule has 5 nitrogen and oxygen atoms in total. The van der Waals surface area contributed by atoms with E-state index >= 15 is 0 Å². The van der Waals surface area contributed by atoms with Crippen molar-refractivity contribution in [2.45, 2.75) is 37.1 Å². The number of urea groups is 1. The Hall–Kier alpha value is -2.09. The molecule has 1 aromatic carbocycles. The first-order chi connectivity index (χ1) is 10.7. The van der Waals surface area contributed by atoms with Gasteiger partial charge in [0.05, 0.1) is 6.54 Å². The van der Waals surface area contributed by atoms with Crippen LogP contribution in [0.4, 0.5) is 18.0 Å². The zero-order valence-corrected chi connectivity index (χ0v) is 12.1. The number of carbonyl (C=O) groups excluding carboxylic acids is 2. The van der Waals surface area contributed by atoms with Gasteiger partial charge in [-0.1, -0.05) is 24.3 Å². The Morgan fingerprint density at radius 3 is 2.57 bits per heavy atom. The predicted molar refractivity (Wildman–Crippen MR) is 73.5 cm³/mol. The second kappa shape index (κ2) is 5.23. The van der Waals surface area contributed by atoms with E-state index in [2.05, 4.69) is 5.32 Å². The maximum Gasteiger partial charge on any atom is 0.416 e. The van der Waals surface area contributed by atoms with Crippen LogP contribution in [0.5, 0.6) is 0 Å². The van der Waals surface area contributed by atoms with Crippen molar-refractivity contribution in [1.82, 2.24) is 10.2 Å². The van der Waals surface area contributed by atoms with Crippen molar-refractivity contribution in [3.8, 4) is 0 Å². The van der Waals surface area contributed by atoms with Gasteiger partial charge < -0.3 is 10.4 Å². The lowest BCUT2D eigenvalue weighted by atomic mass is 9.78. The second-order valence-electron chi connectivity index (χ2n) is 5.93. The maximum atomic E-state index is 12.5. The molecule has 2 N–H and O–H groups in total. The molecular weight excluding hydrogens is 313 g/mol. The number of nitrogens with one attached hydrogen (secondary N) is 1. The molecule has 3 rings (SSSR count). The third-order valence-corrected chi connectivity index (χ3v) is 4.41. The highest BCUT2D eigenvalue weighted by Gasteiger charge is 2.54. The first-order valence-corrected chi connectivity index (χ1v) is 7.19. The molecule has 0 saturated carbocycles. The summed E-state index contributed by atoms with van der Waals surface area (Å²) in [6.45, 7) is -1.09. The lowest BCUT2D eigenvalue weighted by Crippen LogP contribution is -2.52. The largest absolute Gasteiger partial charge is 0.416 e. The number of alkyl halides is 3. The van der Waals surface area contributed by atoms with Gasteiger partial charge in [0.2, 0.25) is 0 Å². The van der Waals surface area contributed by atoms with Crippen LogP contribution in [0.25, 0.3) is 0 Å². The van der Waals surface area contributed by atoms with E-state index in [0.29, 0.717) is 17.7 Å². The Morgan fingerprint density at radius 1 is 1.26 bits per heavy atom. The van der Waals surface area contributed by atoms with Gasteiger partial charge >= 0.3 is 12.2 Å². The molecule has 1 aliphatic heterocycles. The average molecular weight is 328 g/mol. The molecule has 124 valence electrons. The summed E-state index contributed by atoms with van der Waals surface area (Å²) in [5.74, 6) is -0.708. The molecule has 23 heavy (non-hydrogen) atoms. The monoisotopic (exact) mass is 328 g/mol. The number of rotatable bonds is 2. The zero-order valence-electron chi connectivity index (χ0n) is 12.1. The van der Waals surface area contributed by atoms with E-state index < -0.39 is 36.3 Å². The minimum Gasteiger partial charge on any atom is -0.382 e. The van der Waals surface area contributed by atoms with Gasteiger partial charge in [-0.3, -0.25) is 9.69 Å². The maximum absolute atomic E-state index is 12.5. The molecule has 0 radical (unpaired) electrons. The van der Waals surface area contributed by atoms with Gasteiger partial charge in [-0.2, -0.15) is 13.2 Å². The minimum atomic E-state index is -4.88. The summed E-state index contributed by atoms with van der Waals surface area (Å²) in [4.78, 5) is 24.9. The van der Waals surface area contributed by atoms with E-state index in [1.54, 1.807) is 0 Å². The molecule has 2 aliphatic rings. The van der Waals surface area contributed by atoms with Crippen LogP contribution in [0.2, 0.25) is 0 Å². The number of β-amino-alcohol motifs (C(OH)–C–C–N with tert-alkyl or cyclic N) is 1. The van der Waals surface area contributed by atoms with E-state index in [1.807, 2.05) is 24.3 Å². The van der Waals surface area contributed by atoms with Gasteiger partial charge in [-0.15, -0.1) is 0 Å². The molecule has 1 aromatic rings. The lowest BCUT2D eigenvalue weighted by molar-refractivity contribution is -0.206. The topological polar surface area (TPSA) is 69.6 Å². The number of aryl methyl sites for hydroxylation is 1. The fourth-order valence-electron chi connectivity index (χ4n) is 3.14. The van der Waals surface area contributed by atoms with Crippen LogP contribution in [-0.4, -0.2) is 46.3 Å². The Morgan fingerprint density at radius 2 is 1.91 bits per heavy atom. The van der Waals surface area contributed by atoms with Crippen LogP contribution in [0.3, 0.4) is 0 Å². The summed E-state index contributed by atoms with van der Waals surface area (Å²) in [6, 6.07) is 6.55. The van der Waals surface area contributed by atoms with Crippen LogP contribution >= 0.6 is 0 Å². The van der Waals surface area contributed by atoms with E-state index in [9.17, 15) is 22.8 Å². The summed E-state index contributed by atoms with van der Waals surface area (Å²) in [6.07, 6.45) is -6.50. The average Bonchev–Trinajstić information content (AvgIpc) is 2.70. The van der Waals surface area contributed by atoms with Gasteiger partial charge in [-0.05, 0) is 24.0 Å². The van der Waals surface area contributed by atoms with Crippen LogP contribution < -0.4 is 5.32 Å². The summed E-state index contributed by atoms with van der Waals surface area (Å²) < 4.78 is 37.4. The van der Waals surface area contributed by atoms with Crippen LogP contribution in [-0.2, 0) is 17.6 Å². The number of imide groups is 1. The lowest BCUT2D eigenvalue weighted by Gasteiger charge is -2.32. The quantitative estimate of drug-likeness (QED) is 0.806. The molecular formula is C15H15F3N2O3. The van der Waals surface area contributed by atoms with Gasteiger partial charge in [-0.25, -0.2) is 4.79 Å². The fraction of sp³-hybridized carbons (Fsp3) is 0.467. The summed E-state index contributed by atoms with van der Waals surface area (Å²) in [7, 11) is 0. The van der Waals surface area contributed by atoms with Gasteiger partial charge in [0.15, 0.2) is 6.10 Å². The van der Waals surface area contributed by atoms with Gasteiger partial charge in [0.1, 0.15) is 5.54 Å². The summed E-state index contributed by atoms with van der Waals surface area (Å²) >= 11 is 0. The van der Waals surface area contributed by atoms with Gasteiger partial charge in [0.25, 0.3) is 5.91 Å². The van der Waals surface area contributed by atoms with Crippen LogP contribution in [0.1, 0.15) is 17.5 Å². The highest BCUT2D eigenvalue weighted by atomic mass is 19.4. The van der Waals surface area contributed by atoms with Crippen molar-refractivity contribution in [3.63, 3.8) is 0 Å². The standard InChI is InChI=1S/C15H15F3N2O3/c16-15(17,18)11(21)8-20-12(22)14(19-13(20)23)6-5-9-3-1-2-4-10(9)7-14/h1-4,11,21H,5-8H2,(H,19,23)/t11-,14-/m1/s1. The van der Waals surface area contributed by atoms with Crippen LogP contribution in [0.15, 0.2) is 24.3 Å². The van der Waals surface area contributed by atoms with Crippen molar-refractivity contribution >= 4 is 11.9 Å². The first-order valence-electron chi connectivity index (χ1n) is 7.19. The van der Waals surface area contributed by atoms with Crippen molar-refractivity contribution in [1.29, 1.82) is 0 Å². The molecule has 2 atom stereocenters. The minimum absolute atomic E-state index is 0.242. The molecule has 1 fully saturated rings. The van der Waals surface area contributed by atoms with Gasteiger partial charge in [0, 0.05) is 6.42 Å². The normalized spacial score (nSPS) is 25.5. The van der Waals surface area contributed by atoms with Crippen molar-refractivity contribution in [3.05, 3.63) is 35.4 Å². The third kappa shape index (κ3) is 2.67. The molecule has 1 aliphatic carbocycles. The van der Waals surface area contributed by atoms with Crippen molar-refractivity contribution < 1.29 is 27.9 Å². The van der Waals surface area contributed by atoms with E-state index in [0.717, 1.165) is 11.1 Å². The number of nitrogens with zero attached hydrogens (tertiary/aromatic N) is 1. The molecule has 0 unspecified atom stereocenters. The SMILES string of the molecule is O=C1N[C@@]2(CCc3ccccc3C2)C(=O)N1C[C@@H](O)C(F)(F)F. The highest BCUT2D eigenvalue weighted by molar-refractivity contribution is 6.07. The molecule has 8 heteroatoms.